The van der Waals surface area contributed by atoms with Crippen molar-refractivity contribution in [1.82, 2.24) is 0 Å². The highest BCUT2D eigenvalue weighted by atomic mass is 19.1. The van der Waals surface area contributed by atoms with Gasteiger partial charge in [-0.3, -0.25) is 0 Å². The molecule has 92 valence electrons. The maximum absolute atomic E-state index is 12.8. The first-order chi connectivity index (χ1) is 8.65. The molecule has 1 unspecified atom stereocenters. The first-order valence-corrected chi connectivity index (χ1v) is 5.84. The summed E-state index contributed by atoms with van der Waals surface area (Å²) in [5.74, 6) is -0.275. The predicted octanol–water partition coefficient (Wildman–Crippen LogP) is 4.78. The average Bonchev–Trinajstić information content (AvgIpc) is 2.38. The van der Waals surface area contributed by atoms with Gasteiger partial charge in [0.25, 0.3) is 0 Å². The van der Waals surface area contributed by atoms with Crippen molar-refractivity contribution in [2.75, 3.05) is 0 Å². The van der Waals surface area contributed by atoms with Crippen molar-refractivity contribution in [3.8, 4) is 0 Å². The summed E-state index contributed by atoms with van der Waals surface area (Å²) in [6.07, 6.45) is 3.95. The van der Waals surface area contributed by atoms with E-state index in [1.807, 2.05) is 19.1 Å². The molecule has 0 saturated heterocycles. The molecular formula is C16H14F2. The molecule has 0 aliphatic rings. The molecule has 0 fully saturated rings. The van der Waals surface area contributed by atoms with Crippen molar-refractivity contribution in [3.05, 3.63) is 77.4 Å². The Labute approximate surface area is 106 Å². The number of hydrogen-bond acceptors (Lipinski definition) is 0. The van der Waals surface area contributed by atoms with Crippen LogP contribution in [0.15, 0.2) is 54.6 Å². The molecule has 0 bridgehead atoms. The number of allylic oxidation sites excluding steroid dienone is 1. The molecule has 1 atom stereocenters. The number of rotatable bonds is 3. The highest BCUT2D eigenvalue weighted by Crippen LogP contribution is 2.18. The lowest BCUT2D eigenvalue weighted by Crippen LogP contribution is -1.89. The van der Waals surface area contributed by atoms with Gasteiger partial charge in [0.2, 0.25) is 0 Å². The van der Waals surface area contributed by atoms with E-state index in [9.17, 15) is 8.78 Å². The minimum Gasteiger partial charge on any atom is -0.207 e. The van der Waals surface area contributed by atoms with Gasteiger partial charge in [0.15, 0.2) is 0 Å². The minimum absolute atomic E-state index is 0.190. The molecule has 0 heterocycles. The van der Waals surface area contributed by atoms with Gasteiger partial charge < -0.3 is 0 Å². The fraction of sp³-hybridized carbons (Fsp3) is 0.125. The van der Waals surface area contributed by atoms with Crippen LogP contribution < -0.4 is 0 Å². The van der Waals surface area contributed by atoms with E-state index in [-0.39, 0.29) is 17.6 Å². The van der Waals surface area contributed by atoms with Gasteiger partial charge in [0, 0.05) is 0 Å². The summed E-state index contributed by atoms with van der Waals surface area (Å²) in [5.41, 5.74) is 2.00. The van der Waals surface area contributed by atoms with E-state index in [0.29, 0.717) is 0 Å². The lowest BCUT2D eigenvalue weighted by atomic mass is 10.00. The zero-order valence-corrected chi connectivity index (χ0v) is 10.1. The van der Waals surface area contributed by atoms with Crippen molar-refractivity contribution < 1.29 is 8.78 Å². The maximum Gasteiger partial charge on any atom is 0.123 e. The maximum atomic E-state index is 12.8. The molecule has 0 spiro atoms. The van der Waals surface area contributed by atoms with Crippen molar-refractivity contribution in [1.29, 1.82) is 0 Å². The van der Waals surface area contributed by atoms with Crippen LogP contribution in [0.25, 0.3) is 6.08 Å². The number of halogens is 2. The molecule has 2 aromatic carbocycles. The molecule has 0 saturated carbocycles. The van der Waals surface area contributed by atoms with Gasteiger partial charge in [0.1, 0.15) is 11.6 Å². The second-order valence-corrected chi connectivity index (χ2v) is 4.25. The van der Waals surface area contributed by atoms with Crippen molar-refractivity contribution in [3.63, 3.8) is 0 Å². The summed E-state index contributed by atoms with van der Waals surface area (Å²) in [5, 5.41) is 0. The molecule has 2 aromatic rings. The summed E-state index contributed by atoms with van der Waals surface area (Å²) >= 11 is 0. The Morgan fingerprint density at radius 2 is 1.33 bits per heavy atom. The summed E-state index contributed by atoms with van der Waals surface area (Å²) in [6.45, 7) is 2.03. The molecule has 18 heavy (non-hydrogen) atoms. The summed E-state index contributed by atoms with van der Waals surface area (Å²) < 4.78 is 25.5. The van der Waals surface area contributed by atoms with E-state index in [1.54, 1.807) is 24.3 Å². The quantitative estimate of drug-likeness (QED) is 0.728. The Bertz CT molecular complexity index is 524. The molecule has 2 rings (SSSR count). The normalized spacial score (nSPS) is 12.8. The van der Waals surface area contributed by atoms with E-state index >= 15 is 0 Å². The van der Waals surface area contributed by atoms with Crippen LogP contribution >= 0.6 is 0 Å². The lowest BCUT2D eigenvalue weighted by molar-refractivity contribution is 0.626. The number of hydrogen-bond donors (Lipinski definition) is 0. The van der Waals surface area contributed by atoms with Gasteiger partial charge in [-0.1, -0.05) is 43.3 Å². The van der Waals surface area contributed by atoms with E-state index in [2.05, 4.69) is 0 Å². The SMILES string of the molecule is CC(/C=C\c1ccc(F)cc1)c1ccc(F)cc1. The van der Waals surface area contributed by atoms with Crippen molar-refractivity contribution >= 4 is 6.08 Å². The van der Waals surface area contributed by atoms with Crippen LogP contribution in [0.4, 0.5) is 8.78 Å². The molecule has 0 radical (unpaired) electrons. The Morgan fingerprint density at radius 1 is 0.833 bits per heavy atom. The van der Waals surface area contributed by atoms with Crippen LogP contribution in [-0.4, -0.2) is 0 Å². The largest absolute Gasteiger partial charge is 0.207 e. The zero-order valence-electron chi connectivity index (χ0n) is 10.1. The summed E-state index contributed by atoms with van der Waals surface area (Å²) in [4.78, 5) is 0. The summed E-state index contributed by atoms with van der Waals surface area (Å²) in [6, 6.07) is 12.8. The van der Waals surface area contributed by atoms with Crippen molar-refractivity contribution in [2.24, 2.45) is 0 Å². The molecule has 0 N–H and O–H groups in total. The first kappa shape index (κ1) is 12.5. The molecule has 0 aliphatic heterocycles. The molecule has 0 nitrogen and oxygen atoms in total. The van der Waals surface area contributed by atoms with E-state index in [1.165, 1.54) is 24.3 Å². The Kier molecular flexibility index (Phi) is 3.88. The van der Waals surface area contributed by atoms with Crippen molar-refractivity contribution in [2.45, 2.75) is 12.8 Å². The van der Waals surface area contributed by atoms with Crippen LogP contribution in [-0.2, 0) is 0 Å². The highest BCUT2D eigenvalue weighted by Gasteiger charge is 2.01. The summed E-state index contributed by atoms with van der Waals surface area (Å²) in [7, 11) is 0. The van der Waals surface area contributed by atoms with Gasteiger partial charge in [-0.25, -0.2) is 8.78 Å². The van der Waals surface area contributed by atoms with Crippen LogP contribution in [0.1, 0.15) is 24.0 Å². The topological polar surface area (TPSA) is 0 Å². The average molecular weight is 244 g/mol. The fourth-order valence-electron chi connectivity index (χ4n) is 1.71. The zero-order chi connectivity index (χ0) is 13.0. The van der Waals surface area contributed by atoms with Crippen LogP contribution in [0.5, 0.6) is 0 Å². The Morgan fingerprint density at radius 3 is 1.89 bits per heavy atom. The van der Waals surface area contributed by atoms with Crippen LogP contribution in [0.2, 0.25) is 0 Å². The minimum atomic E-state index is -0.237. The van der Waals surface area contributed by atoms with Gasteiger partial charge in [-0.05, 0) is 41.3 Å². The second kappa shape index (κ2) is 5.58. The van der Waals surface area contributed by atoms with Gasteiger partial charge in [-0.2, -0.15) is 0 Å². The fourth-order valence-corrected chi connectivity index (χ4v) is 1.71. The Balaban J connectivity index is 2.08. The molecule has 2 heteroatoms. The monoisotopic (exact) mass is 244 g/mol. The van der Waals surface area contributed by atoms with Crippen LogP contribution in [0.3, 0.4) is 0 Å². The van der Waals surface area contributed by atoms with Crippen LogP contribution in [0, 0.1) is 11.6 Å². The standard InChI is InChI=1S/C16H14F2/c1-12(14-6-10-16(18)11-7-14)2-3-13-4-8-15(17)9-5-13/h2-12H,1H3/b3-2-. The predicted molar refractivity (Wildman–Crippen MR) is 70.2 cm³/mol. The molecular weight excluding hydrogens is 230 g/mol. The van der Waals surface area contributed by atoms with E-state index in [0.717, 1.165) is 11.1 Å². The third-order valence-electron chi connectivity index (χ3n) is 2.84. The molecule has 0 aromatic heterocycles. The van der Waals surface area contributed by atoms with E-state index < -0.39 is 0 Å². The third-order valence-corrected chi connectivity index (χ3v) is 2.84. The van der Waals surface area contributed by atoms with E-state index in [4.69, 9.17) is 0 Å². The second-order valence-electron chi connectivity index (χ2n) is 4.25. The smallest absolute Gasteiger partial charge is 0.123 e. The van der Waals surface area contributed by atoms with Gasteiger partial charge in [-0.15, -0.1) is 0 Å². The first-order valence-electron chi connectivity index (χ1n) is 5.84. The highest BCUT2D eigenvalue weighted by molar-refractivity contribution is 5.50. The molecule has 0 aliphatic carbocycles. The Hall–Kier alpha value is -1.96. The number of benzene rings is 2. The molecule has 0 amide bonds. The van der Waals surface area contributed by atoms with Gasteiger partial charge in [0.05, 0.1) is 0 Å². The van der Waals surface area contributed by atoms with Gasteiger partial charge >= 0.3 is 0 Å². The lowest BCUT2D eigenvalue weighted by Gasteiger charge is -2.06. The third kappa shape index (κ3) is 3.27.